The van der Waals surface area contributed by atoms with Gasteiger partial charge in [-0.15, -0.1) is 0 Å². The SMILES string of the molecule is CCCCCC(CCCCC)c1cnccn1. The van der Waals surface area contributed by atoms with Gasteiger partial charge in [0.25, 0.3) is 0 Å². The van der Waals surface area contributed by atoms with Crippen LogP contribution in [0.5, 0.6) is 0 Å². The standard InChI is InChI=1S/C15H26N2/c1-3-5-7-9-14(10-8-6-4-2)15-13-16-11-12-17-15/h11-14H,3-10H2,1-2H3. The van der Waals surface area contributed by atoms with Crippen molar-refractivity contribution in [1.29, 1.82) is 0 Å². The molecule has 0 fully saturated rings. The molecule has 2 nitrogen and oxygen atoms in total. The van der Waals surface area contributed by atoms with Gasteiger partial charge in [0, 0.05) is 24.5 Å². The molecular formula is C15H26N2. The Kier molecular flexibility index (Phi) is 7.61. The number of unbranched alkanes of at least 4 members (excludes halogenated alkanes) is 4. The highest BCUT2D eigenvalue weighted by atomic mass is 14.8. The van der Waals surface area contributed by atoms with Gasteiger partial charge >= 0.3 is 0 Å². The van der Waals surface area contributed by atoms with Crippen LogP contribution >= 0.6 is 0 Å². The lowest BCUT2D eigenvalue weighted by molar-refractivity contribution is 0.496. The molecule has 0 amide bonds. The molecule has 0 aliphatic rings. The highest BCUT2D eigenvalue weighted by Gasteiger charge is 2.12. The lowest BCUT2D eigenvalue weighted by atomic mass is 9.92. The van der Waals surface area contributed by atoms with Gasteiger partial charge in [0.05, 0.1) is 5.69 Å². The molecule has 96 valence electrons. The van der Waals surface area contributed by atoms with Crippen LogP contribution in [0.1, 0.15) is 76.8 Å². The molecule has 0 aromatic carbocycles. The van der Waals surface area contributed by atoms with E-state index in [2.05, 4.69) is 23.8 Å². The number of hydrogen-bond acceptors (Lipinski definition) is 2. The van der Waals surface area contributed by atoms with Crippen LogP contribution in [0, 0.1) is 0 Å². The van der Waals surface area contributed by atoms with Gasteiger partial charge < -0.3 is 0 Å². The minimum absolute atomic E-state index is 0.627. The van der Waals surface area contributed by atoms with Crippen molar-refractivity contribution >= 4 is 0 Å². The second-order valence-electron chi connectivity index (χ2n) is 4.82. The summed E-state index contributed by atoms with van der Waals surface area (Å²) in [6.45, 7) is 4.52. The molecule has 0 spiro atoms. The fourth-order valence-electron chi connectivity index (χ4n) is 2.24. The van der Waals surface area contributed by atoms with Crippen molar-refractivity contribution in [3.05, 3.63) is 24.3 Å². The molecule has 0 unspecified atom stereocenters. The topological polar surface area (TPSA) is 25.8 Å². The molecule has 0 N–H and O–H groups in total. The summed E-state index contributed by atoms with van der Waals surface area (Å²) in [5.41, 5.74) is 1.19. The van der Waals surface area contributed by atoms with E-state index in [9.17, 15) is 0 Å². The maximum absolute atomic E-state index is 4.47. The Hall–Kier alpha value is -0.920. The lowest BCUT2D eigenvalue weighted by Gasteiger charge is -2.15. The molecule has 1 aromatic heterocycles. The highest BCUT2D eigenvalue weighted by molar-refractivity contribution is 5.03. The second kappa shape index (κ2) is 9.15. The van der Waals surface area contributed by atoms with E-state index in [1.165, 1.54) is 57.1 Å². The summed E-state index contributed by atoms with van der Waals surface area (Å²) in [6.07, 6.45) is 16.0. The molecular weight excluding hydrogens is 208 g/mol. The van der Waals surface area contributed by atoms with Crippen molar-refractivity contribution in [3.8, 4) is 0 Å². The van der Waals surface area contributed by atoms with Crippen LogP contribution < -0.4 is 0 Å². The van der Waals surface area contributed by atoms with Crippen molar-refractivity contribution in [2.45, 2.75) is 71.1 Å². The van der Waals surface area contributed by atoms with Crippen LogP contribution in [0.4, 0.5) is 0 Å². The van der Waals surface area contributed by atoms with Gasteiger partial charge in [-0.25, -0.2) is 0 Å². The summed E-state index contributed by atoms with van der Waals surface area (Å²) in [6, 6.07) is 0. The number of rotatable bonds is 9. The van der Waals surface area contributed by atoms with E-state index >= 15 is 0 Å². The zero-order chi connectivity index (χ0) is 12.3. The van der Waals surface area contributed by atoms with E-state index in [1.807, 2.05) is 12.4 Å². The highest BCUT2D eigenvalue weighted by Crippen LogP contribution is 2.26. The van der Waals surface area contributed by atoms with Crippen LogP contribution in [-0.2, 0) is 0 Å². The zero-order valence-corrected chi connectivity index (χ0v) is 11.4. The van der Waals surface area contributed by atoms with Crippen molar-refractivity contribution in [2.24, 2.45) is 0 Å². The smallest absolute Gasteiger partial charge is 0.0617 e. The first-order valence-electron chi connectivity index (χ1n) is 7.14. The lowest BCUT2D eigenvalue weighted by Crippen LogP contribution is -2.02. The predicted octanol–water partition coefficient (Wildman–Crippen LogP) is 4.72. The Labute approximate surface area is 106 Å². The first-order valence-corrected chi connectivity index (χ1v) is 7.14. The molecule has 2 heteroatoms. The normalized spacial score (nSPS) is 11.0. The van der Waals surface area contributed by atoms with E-state index in [0.29, 0.717) is 5.92 Å². The third-order valence-corrected chi connectivity index (χ3v) is 3.31. The van der Waals surface area contributed by atoms with E-state index in [-0.39, 0.29) is 0 Å². The Balaban J connectivity index is 2.46. The molecule has 0 aliphatic heterocycles. The Morgan fingerprint density at radius 1 is 0.941 bits per heavy atom. The molecule has 17 heavy (non-hydrogen) atoms. The quantitative estimate of drug-likeness (QED) is 0.578. The van der Waals surface area contributed by atoms with Gasteiger partial charge in [0.1, 0.15) is 0 Å². The molecule has 0 saturated carbocycles. The molecule has 1 rings (SSSR count). The Morgan fingerprint density at radius 3 is 2.06 bits per heavy atom. The van der Waals surface area contributed by atoms with Crippen LogP contribution in [0.2, 0.25) is 0 Å². The summed E-state index contributed by atoms with van der Waals surface area (Å²) in [4.78, 5) is 8.67. The van der Waals surface area contributed by atoms with Crippen molar-refractivity contribution < 1.29 is 0 Å². The van der Waals surface area contributed by atoms with Crippen LogP contribution in [-0.4, -0.2) is 9.97 Å². The maximum Gasteiger partial charge on any atom is 0.0617 e. The minimum Gasteiger partial charge on any atom is -0.261 e. The third-order valence-electron chi connectivity index (χ3n) is 3.31. The van der Waals surface area contributed by atoms with Crippen molar-refractivity contribution in [1.82, 2.24) is 9.97 Å². The van der Waals surface area contributed by atoms with Crippen LogP contribution in [0.15, 0.2) is 18.6 Å². The fraction of sp³-hybridized carbons (Fsp3) is 0.733. The number of aromatic nitrogens is 2. The second-order valence-corrected chi connectivity index (χ2v) is 4.82. The average Bonchev–Trinajstić information content (AvgIpc) is 2.38. The van der Waals surface area contributed by atoms with Gasteiger partial charge in [-0.2, -0.15) is 0 Å². The van der Waals surface area contributed by atoms with Crippen molar-refractivity contribution in [2.75, 3.05) is 0 Å². The monoisotopic (exact) mass is 234 g/mol. The largest absolute Gasteiger partial charge is 0.261 e. The molecule has 1 aromatic rings. The van der Waals surface area contributed by atoms with Crippen molar-refractivity contribution in [3.63, 3.8) is 0 Å². The summed E-state index contributed by atoms with van der Waals surface area (Å²) in [7, 11) is 0. The van der Waals surface area contributed by atoms with Gasteiger partial charge in [-0.3, -0.25) is 9.97 Å². The molecule has 0 bridgehead atoms. The first-order chi connectivity index (χ1) is 8.38. The number of hydrogen-bond donors (Lipinski definition) is 0. The first kappa shape index (κ1) is 14.1. The third kappa shape index (κ3) is 5.81. The Morgan fingerprint density at radius 2 is 1.59 bits per heavy atom. The molecule has 1 heterocycles. The number of nitrogens with zero attached hydrogens (tertiary/aromatic N) is 2. The fourth-order valence-corrected chi connectivity index (χ4v) is 2.24. The van der Waals surface area contributed by atoms with Crippen LogP contribution in [0.3, 0.4) is 0 Å². The summed E-state index contributed by atoms with van der Waals surface area (Å²) < 4.78 is 0. The molecule has 0 atom stereocenters. The summed E-state index contributed by atoms with van der Waals surface area (Å²) in [5.74, 6) is 0.627. The van der Waals surface area contributed by atoms with Gasteiger partial charge in [-0.1, -0.05) is 52.4 Å². The minimum atomic E-state index is 0.627. The van der Waals surface area contributed by atoms with E-state index in [4.69, 9.17) is 0 Å². The van der Waals surface area contributed by atoms with Gasteiger partial charge in [0.15, 0.2) is 0 Å². The van der Waals surface area contributed by atoms with Gasteiger partial charge in [0.2, 0.25) is 0 Å². The molecule has 0 radical (unpaired) electrons. The van der Waals surface area contributed by atoms with Gasteiger partial charge in [-0.05, 0) is 12.8 Å². The Bertz CT molecular complexity index is 262. The van der Waals surface area contributed by atoms with E-state index in [0.717, 1.165) is 0 Å². The van der Waals surface area contributed by atoms with E-state index in [1.54, 1.807) is 6.20 Å². The maximum atomic E-state index is 4.47. The average molecular weight is 234 g/mol. The van der Waals surface area contributed by atoms with E-state index < -0.39 is 0 Å². The van der Waals surface area contributed by atoms with Crippen LogP contribution in [0.25, 0.3) is 0 Å². The zero-order valence-electron chi connectivity index (χ0n) is 11.4. The predicted molar refractivity (Wildman–Crippen MR) is 73.1 cm³/mol. The summed E-state index contributed by atoms with van der Waals surface area (Å²) >= 11 is 0. The molecule has 0 saturated heterocycles. The molecule has 0 aliphatic carbocycles. The summed E-state index contributed by atoms with van der Waals surface area (Å²) in [5, 5.41) is 0.